The molecule has 0 radical (unpaired) electrons. The van der Waals surface area contributed by atoms with Gasteiger partial charge in [0.05, 0.1) is 19.2 Å². The van der Waals surface area contributed by atoms with Crippen LogP contribution in [0.4, 0.5) is 0 Å². The summed E-state index contributed by atoms with van der Waals surface area (Å²) in [7, 11) is 0. The van der Waals surface area contributed by atoms with E-state index in [0.29, 0.717) is 13.0 Å². The summed E-state index contributed by atoms with van der Waals surface area (Å²) in [4.78, 5) is 13.2. The molecular formula is C17H17NO2S. The highest BCUT2D eigenvalue weighted by molar-refractivity contribution is 7.09. The standard InChI is InChI=1S/C17H17NO2S/c1-11-5-6-15-13(10-20-17(15)12(11)2)8-16(19)18-9-14-4-3-7-21-14/h3-7,10H,8-9H2,1-2H3,(H,18,19). The summed E-state index contributed by atoms with van der Waals surface area (Å²) in [5.74, 6) is 0.0179. The molecule has 0 atom stereocenters. The van der Waals surface area contributed by atoms with E-state index >= 15 is 0 Å². The molecule has 21 heavy (non-hydrogen) atoms. The number of nitrogens with one attached hydrogen (secondary N) is 1. The van der Waals surface area contributed by atoms with Crippen LogP contribution in [0.3, 0.4) is 0 Å². The number of hydrogen-bond acceptors (Lipinski definition) is 3. The molecule has 0 bridgehead atoms. The highest BCUT2D eigenvalue weighted by atomic mass is 32.1. The van der Waals surface area contributed by atoms with Crippen LogP contribution < -0.4 is 5.32 Å². The first-order chi connectivity index (χ1) is 10.1. The van der Waals surface area contributed by atoms with E-state index in [1.165, 1.54) is 5.56 Å². The maximum absolute atomic E-state index is 12.1. The average molecular weight is 299 g/mol. The summed E-state index contributed by atoms with van der Waals surface area (Å²) in [6.07, 6.45) is 2.04. The van der Waals surface area contributed by atoms with Crippen LogP contribution in [0.15, 0.2) is 40.3 Å². The maximum atomic E-state index is 12.1. The normalized spacial score (nSPS) is 11.0. The van der Waals surface area contributed by atoms with Gasteiger partial charge in [-0.05, 0) is 36.4 Å². The fourth-order valence-corrected chi connectivity index (χ4v) is 3.00. The molecule has 0 saturated heterocycles. The van der Waals surface area contributed by atoms with Crippen LogP contribution in [-0.2, 0) is 17.8 Å². The van der Waals surface area contributed by atoms with Crippen molar-refractivity contribution in [2.45, 2.75) is 26.8 Å². The van der Waals surface area contributed by atoms with Crippen LogP contribution in [0.5, 0.6) is 0 Å². The van der Waals surface area contributed by atoms with Gasteiger partial charge in [0.1, 0.15) is 5.58 Å². The lowest BCUT2D eigenvalue weighted by molar-refractivity contribution is -0.120. The van der Waals surface area contributed by atoms with Crippen molar-refractivity contribution in [3.8, 4) is 0 Å². The summed E-state index contributed by atoms with van der Waals surface area (Å²) < 4.78 is 5.63. The molecular weight excluding hydrogens is 282 g/mol. The number of aryl methyl sites for hydroxylation is 2. The molecule has 3 nitrogen and oxygen atoms in total. The first kappa shape index (κ1) is 13.9. The van der Waals surface area contributed by atoms with Crippen molar-refractivity contribution >= 4 is 28.2 Å². The quantitative estimate of drug-likeness (QED) is 0.792. The lowest BCUT2D eigenvalue weighted by Gasteiger charge is -2.03. The van der Waals surface area contributed by atoms with Gasteiger partial charge in [-0.15, -0.1) is 11.3 Å². The molecule has 2 aromatic heterocycles. The Kier molecular flexibility index (Phi) is 3.80. The van der Waals surface area contributed by atoms with E-state index in [1.54, 1.807) is 17.6 Å². The third-order valence-corrected chi connectivity index (χ3v) is 4.61. The number of fused-ring (bicyclic) bond motifs is 1. The number of carbonyl (C=O) groups excluding carboxylic acids is 1. The van der Waals surface area contributed by atoms with E-state index in [-0.39, 0.29) is 5.91 Å². The van der Waals surface area contributed by atoms with Crippen molar-refractivity contribution in [3.05, 3.63) is 57.5 Å². The van der Waals surface area contributed by atoms with E-state index < -0.39 is 0 Å². The number of thiophene rings is 1. The molecule has 4 heteroatoms. The molecule has 0 aliphatic carbocycles. The summed E-state index contributed by atoms with van der Waals surface area (Å²) in [6.45, 7) is 4.69. The van der Waals surface area contributed by atoms with E-state index in [1.807, 2.05) is 30.5 Å². The number of amides is 1. The van der Waals surface area contributed by atoms with E-state index in [0.717, 1.165) is 27.0 Å². The van der Waals surface area contributed by atoms with Gasteiger partial charge < -0.3 is 9.73 Å². The van der Waals surface area contributed by atoms with Crippen molar-refractivity contribution in [3.63, 3.8) is 0 Å². The second kappa shape index (κ2) is 5.74. The number of hydrogen-bond donors (Lipinski definition) is 1. The van der Waals surface area contributed by atoms with Crippen molar-refractivity contribution in [2.75, 3.05) is 0 Å². The fraction of sp³-hybridized carbons (Fsp3) is 0.235. The molecule has 0 aliphatic rings. The Morgan fingerprint density at radius 3 is 2.90 bits per heavy atom. The number of carbonyl (C=O) groups is 1. The minimum absolute atomic E-state index is 0.0179. The molecule has 2 heterocycles. The zero-order valence-electron chi connectivity index (χ0n) is 12.1. The number of furan rings is 1. The Hall–Kier alpha value is -2.07. The first-order valence-electron chi connectivity index (χ1n) is 6.90. The molecule has 0 aliphatic heterocycles. The van der Waals surface area contributed by atoms with Crippen LogP contribution in [0.25, 0.3) is 11.0 Å². The third-order valence-electron chi connectivity index (χ3n) is 3.73. The Morgan fingerprint density at radius 1 is 1.29 bits per heavy atom. The number of rotatable bonds is 4. The molecule has 3 aromatic rings. The SMILES string of the molecule is Cc1ccc2c(CC(=O)NCc3cccs3)coc2c1C. The molecule has 3 rings (SSSR count). The van der Waals surface area contributed by atoms with Gasteiger partial charge in [0.25, 0.3) is 0 Å². The van der Waals surface area contributed by atoms with E-state index in [9.17, 15) is 4.79 Å². The van der Waals surface area contributed by atoms with Gasteiger partial charge in [0, 0.05) is 15.8 Å². The van der Waals surface area contributed by atoms with Gasteiger partial charge in [-0.1, -0.05) is 18.2 Å². The van der Waals surface area contributed by atoms with Gasteiger partial charge >= 0.3 is 0 Å². The van der Waals surface area contributed by atoms with Crippen LogP contribution in [0.1, 0.15) is 21.6 Å². The van der Waals surface area contributed by atoms with Crippen LogP contribution >= 0.6 is 11.3 Å². The largest absolute Gasteiger partial charge is 0.464 e. The van der Waals surface area contributed by atoms with Crippen LogP contribution in [0.2, 0.25) is 0 Å². The Labute approximate surface area is 127 Å². The van der Waals surface area contributed by atoms with E-state index in [2.05, 4.69) is 18.3 Å². The monoisotopic (exact) mass is 299 g/mol. The highest BCUT2D eigenvalue weighted by Crippen LogP contribution is 2.26. The molecule has 0 fully saturated rings. The van der Waals surface area contributed by atoms with Crippen molar-refractivity contribution in [1.29, 1.82) is 0 Å². The molecule has 1 amide bonds. The predicted octanol–water partition coefficient (Wildman–Crippen LogP) is 3.97. The molecule has 1 N–H and O–H groups in total. The van der Waals surface area contributed by atoms with Gasteiger partial charge in [0.2, 0.25) is 5.91 Å². The minimum Gasteiger partial charge on any atom is -0.464 e. The summed E-state index contributed by atoms with van der Waals surface area (Å²) in [5, 5.41) is 5.99. The van der Waals surface area contributed by atoms with Gasteiger partial charge in [-0.2, -0.15) is 0 Å². The summed E-state index contributed by atoms with van der Waals surface area (Å²) >= 11 is 1.65. The van der Waals surface area contributed by atoms with Gasteiger partial charge in [-0.25, -0.2) is 0 Å². The van der Waals surface area contributed by atoms with Gasteiger partial charge in [0.15, 0.2) is 0 Å². The number of benzene rings is 1. The van der Waals surface area contributed by atoms with Crippen LogP contribution in [-0.4, -0.2) is 5.91 Å². The molecule has 1 aromatic carbocycles. The lowest BCUT2D eigenvalue weighted by atomic mass is 10.0. The second-order valence-corrected chi connectivity index (χ2v) is 6.21. The minimum atomic E-state index is 0.0179. The average Bonchev–Trinajstić information content (AvgIpc) is 3.11. The zero-order valence-corrected chi connectivity index (χ0v) is 12.9. The topological polar surface area (TPSA) is 42.2 Å². The van der Waals surface area contributed by atoms with Crippen LogP contribution in [0, 0.1) is 13.8 Å². The van der Waals surface area contributed by atoms with Gasteiger partial charge in [-0.3, -0.25) is 4.79 Å². The highest BCUT2D eigenvalue weighted by Gasteiger charge is 2.12. The molecule has 0 unspecified atom stereocenters. The lowest BCUT2D eigenvalue weighted by Crippen LogP contribution is -2.23. The summed E-state index contributed by atoms with van der Waals surface area (Å²) in [6, 6.07) is 8.11. The first-order valence-corrected chi connectivity index (χ1v) is 7.78. The van der Waals surface area contributed by atoms with Crippen molar-refractivity contribution in [1.82, 2.24) is 5.32 Å². The Bertz CT molecular complexity index is 772. The molecule has 0 spiro atoms. The molecule has 0 saturated carbocycles. The van der Waals surface area contributed by atoms with E-state index in [4.69, 9.17) is 4.42 Å². The maximum Gasteiger partial charge on any atom is 0.224 e. The Balaban J connectivity index is 1.73. The smallest absolute Gasteiger partial charge is 0.224 e. The summed E-state index contributed by atoms with van der Waals surface area (Å²) in [5.41, 5.74) is 4.16. The van der Waals surface area contributed by atoms with Crippen molar-refractivity contribution < 1.29 is 9.21 Å². The Morgan fingerprint density at radius 2 is 2.14 bits per heavy atom. The second-order valence-electron chi connectivity index (χ2n) is 5.18. The zero-order chi connectivity index (χ0) is 14.8. The third kappa shape index (κ3) is 2.85. The molecule has 108 valence electrons. The fourth-order valence-electron chi connectivity index (χ4n) is 2.36. The van der Waals surface area contributed by atoms with Crippen molar-refractivity contribution in [2.24, 2.45) is 0 Å². The predicted molar refractivity (Wildman–Crippen MR) is 85.6 cm³/mol.